The number of aryl methyl sites for hydroxylation is 2. The van der Waals surface area contributed by atoms with E-state index in [1.807, 2.05) is 0 Å². The van der Waals surface area contributed by atoms with Crippen molar-refractivity contribution in [1.29, 1.82) is 0 Å². The monoisotopic (exact) mass is 668 g/mol. The highest BCUT2D eigenvalue weighted by Gasteiger charge is 2.44. The molecule has 6 nitrogen and oxygen atoms in total. The Labute approximate surface area is 259 Å². The number of hydrogen-bond acceptors (Lipinski definition) is 6. The van der Waals surface area contributed by atoms with Crippen LogP contribution in [0.5, 0.6) is 5.75 Å². The predicted molar refractivity (Wildman–Crippen MR) is 157 cm³/mol. The van der Waals surface area contributed by atoms with E-state index in [1.165, 1.54) is 36.4 Å². The highest BCUT2D eigenvalue weighted by atomic mass is 32.3. The van der Waals surface area contributed by atoms with Gasteiger partial charge in [0.15, 0.2) is 34.8 Å². The van der Waals surface area contributed by atoms with Gasteiger partial charge in [-0.25, -0.2) is 30.4 Å². The number of halogens is 5. The molecule has 0 aliphatic rings. The van der Waals surface area contributed by atoms with Crippen LogP contribution in [0.15, 0.2) is 92.4 Å². The fourth-order valence-electron chi connectivity index (χ4n) is 4.64. The minimum atomic E-state index is -5.72. The highest BCUT2D eigenvalue weighted by Crippen LogP contribution is 2.72. The summed E-state index contributed by atoms with van der Waals surface area (Å²) in [5.74, 6) is -12.9. The van der Waals surface area contributed by atoms with Gasteiger partial charge in [0.05, 0.1) is 0 Å². The second-order valence-electron chi connectivity index (χ2n) is 10.9. The number of rotatable bonds is 9. The van der Waals surface area contributed by atoms with Crippen LogP contribution in [-0.4, -0.2) is 26.6 Å². The van der Waals surface area contributed by atoms with E-state index < -0.39 is 72.6 Å². The zero-order valence-electron chi connectivity index (χ0n) is 24.8. The van der Waals surface area contributed by atoms with Crippen molar-refractivity contribution in [3.8, 4) is 5.75 Å². The standard InChI is InChI=1S/C32H29F5O6S2/c1-19-16-21(41-18-24(38)42-32(3,4)5)17-20(2)30(19)44(22-12-8-6-9-13-22,23-14-10-7-11-15-23)43-45(39,40)31-28(36)26(34)25(33)27(35)29(31)37/h6-17H,18H2,1-5H3. The summed E-state index contributed by atoms with van der Waals surface area (Å²) >= 11 is 0. The molecule has 0 saturated heterocycles. The summed E-state index contributed by atoms with van der Waals surface area (Å²) in [4.78, 5) is 10.8. The summed E-state index contributed by atoms with van der Waals surface area (Å²) in [6, 6.07) is 18.7. The molecule has 4 rings (SSSR count). The summed E-state index contributed by atoms with van der Waals surface area (Å²) in [7, 11) is -9.27. The van der Waals surface area contributed by atoms with Crippen LogP contribution in [0.4, 0.5) is 22.0 Å². The third-order valence-corrected chi connectivity index (χ3v) is 11.7. The first kappa shape index (κ1) is 33.9. The predicted octanol–water partition coefficient (Wildman–Crippen LogP) is 8.32. The normalized spacial score (nSPS) is 12.6. The van der Waals surface area contributed by atoms with Crippen LogP contribution in [-0.2, 0) is 23.3 Å². The summed E-state index contributed by atoms with van der Waals surface area (Å²) < 4.78 is 116. The molecule has 0 atom stereocenters. The van der Waals surface area contributed by atoms with Crippen molar-refractivity contribution in [2.45, 2.75) is 59.8 Å². The lowest BCUT2D eigenvalue weighted by Crippen LogP contribution is -2.27. The first-order chi connectivity index (χ1) is 21.0. The molecule has 0 N–H and O–H groups in total. The van der Waals surface area contributed by atoms with E-state index in [2.05, 4.69) is 0 Å². The van der Waals surface area contributed by atoms with Gasteiger partial charge in [-0.15, -0.1) is 0 Å². The molecule has 4 aromatic rings. The molecule has 0 aromatic heterocycles. The number of esters is 1. The highest BCUT2D eigenvalue weighted by molar-refractivity contribution is 8.33. The average Bonchev–Trinajstić information content (AvgIpc) is 2.97. The number of carbonyl (C=O) groups is 1. The minimum absolute atomic E-state index is 0.219. The maximum Gasteiger partial charge on any atom is 0.344 e. The van der Waals surface area contributed by atoms with E-state index >= 15 is 0 Å². The van der Waals surface area contributed by atoms with Crippen molar-refractivity contribution in [2.24, 2.45) is 0 Å². The molecule has 0 fully saturated rings. The van der Waals surface area contributed by atoms with Crippen LogP contribution in [0.2, 0.25) is 0 Å². The van der Waals surface area contributed by atoms with E-state index in [9.17, 15) is 35.2 Å². The molecule has 4 aromatic carbocycles. The molecule has 0 saturated carbocycles. The molecule has 0 aliphatic heterocycles. The Kier molecular flexibility index (Phi) is 9.67. The lowest BCUT2D eigenvalue weighted by molar-refractivity contribution is -0.157. The zero-order chi connectivity index (χ0) is 33.3. The molecular formula is C32H29F5O6S2. The molecule has 0 heterocycles. The summed E-state index contributed by atoms with van der Waals surface area (Å²) in [6.07, 6.45) is 0. The van der Waals surface area contributed by atoms with E-state index in [1.54, 1.807) is 71.0 Å². The van der Waals surface area contributed by atoms with E-state index in [4.69, 9.17) is 13.1 Å². The second-order valence-corrected chi connectivity index (χ2v) is 15.2. The molecule has 0 aliphatic carbocycles. The minimum Gasteiger partial charge on any atom is -0.482 e. The van der Waals surface area contributed by atoms with Gasteiger partial charge in [0.25, 0.3) is 0 Å². The van der Waals surface area contributed by atoms with Crippen LogP contribution >= 0.6 is 10.3 Å². The van der Waals surface area contributed by atoms with Gasteiger partial charge in [-0.05, 0) is 92.5 Å². The Bertz CT molecular complexity index is 1750. The van der Waals surface area contributed by atoms with Crippen molar-refractivity contribution < 1.29 is 48.3 Å². The number of hydrogen-bond donors (Lipinski definition) is 0. The van der Waals surface area contributed by atoms with Crippen molar-refractivity contribution in [3.05, 3.63) is 113 Å². The van der Waals surface area contributed by atoms with Crippen molar-refractivity contribution in [2.75, 3.05) is 6.61 Å². The van der Waals surface area contributed by atoms with Crippen LogP contribution < -0.4 is 4.74 Å². The Morgan fingerprint density at radius 1 is 0.689 bits per heavy atom. The summed E-state index contributed by atoms with van der Waals surface area (Å²) in [5, 5.41) is 0. The first-order valence-corrected chi connectivity index (χ1v) is 16.3. The maximum atomic E-state index is 14.9. The third kappa shape index (κ3) is 6.85. The lowest BCUT2D eigenvalue weighted by Gasteiger charge is -2.41. The van der Waals surface area contributed by atoms with Gasteiger partial charge in [0, 0.05) is 14.7 Å². The molecule has 0 radical (unpaired) electrons. The van der Waals surface area contributed by atoms with Crippen molar-refractivity contribution >= 4 is 26.4 Å². The van der Waals surface area contributed by atoms with Crippen LogP contribution in [0.3, 0.4) is 0 Å². The molecule has 240 valence electrons. The van der Waals surface area contributed by atoms with Crippen LogP contribution in [0, 0.1) is 42.9 Å². The van der Waals surface area contributed by atoms with Gasteiger partial charge in [0.2, 0.25) is 5.82 Å². The molecule has 0 unspecified atom stereocenters. The molecular weight excluding hydrogens is 639 g/mol. The number of ether oxygens (including phenoxy) is 2. The van der Waals surface area contributed by atoms with Crippen molar-refractivity contribution in [1.82, 2.24) is 0 Å². The van der Waals surface area contributed by atoms with Crippen LogP contribution in [0.25, 0.3) is 0 Å². The van der Waals surface area contributed by atoms with Crippen molar-refractivity contribution in [3.63, 3.8) is 0 Å². The first-order valence-electron chi connectivity index (χ1n) is 13.4. The third-order valence-electron chi connectivity index (χ3n) is 6.26. The lowest BCUT2D eigenvalue weighted by atomic mass is 10.1. The Morgan fingerprint density at radius 3 is 1.53 bits per heavy atom. The molecule has 13 heteroatoms. The van der Waals surface area contributed by atoms with E-state index in [0.29, 0.717) is 11.1 Å². The van der Waals surface area contributed by atoms with Gasteiger partial charge in [-0.1, -0.05) is 36.4 Å². The number of carbonyl (C=O) groups excluding carboxylic acids is 1. The quantitative estimate of drug-likeness (QED) is 0.0773. The average molecular weight is 669 g/mol. The Hall–Kier alpha value is -3.94. The Balaban J connectivity index is 1.98. The zero-order valence-corrected chi connectivity index (χ0v) is 26.4. The second kappa shape index (κ2) is 12.8. The fourth-order valence-corrected chi connectivity index (χ4v) is 10.4. The summed E-state index contributed by atoms with van der Waals surface area (Å²) in [6.45, 7) is 7.86. The SMILES string of the molecule is Cc1cc(OCC(=O)OC(C)(C)C)cc(C)c1S(OS(=O)(=O)c1c(F)c(F)c(F)c(F)c1F)(c1ccccc1)c1ccccc1. The van der Waals surface area contributed by atoms with Gasteiger partial charge >= 0.3 is 16.1 Å². The van der Waals surface area contributed by atoms with E-state index in [-0.39, 0.29) is 20.4 Å². The topological polar surface area (TPSA) is 78.9 Å². The molecule has 0 amide bonds. The molecule has 45 heavy (non-hydrogen) atoms. The van der Waals surface area contributed by atoms with Gasteiger partial charge in [0.1, 0.15) is 11.4 Å². The molecule has 0 spiro atoms. The van der Waals surface area contributed by atoms with Gasteiger partial charge in [-0.3, -0.25) is 0 Å². The van der Waals surface area contributed by atoms with Gasteiger partial charge in [-0.2, -0.15) is 8.42 Å². The smallest absolute Gasteiger partial charge is 0.344 e. The largest absolute Gasteiger partial charge is 0.482 e. The fraction of sp³-hybridized carbons (Fsp3) is 0.219. The van der Waals surface area contributed by atoms with Crippen LogP contribution in [0.1, 0.15) is 31.9 Å². The Morgan fingerprint density at radius 2 is 1.11 bits per heavy atom. The number of benzene rings is 4. The van der Waals surface area contributed by atoms with Gasteiger partial charge < -0.3 is 9.47 Å². The maximum absolute atomic E-state index is 14.9. The van der Waals surface area contributed by atoms with E-state index in [0.717, 1.165) is 0 Å². The molecule has 0 bridgehead atoms. The summed E-state index contributed by atoms with van der Waals surface area (Å²) in [5.41, 5.74) is 0.0109.